The Kier molecular flexibility index (Phi) is 9.92. The van der Waals surface area contributed by atoms with E-state index < -0.39 is 34.1 Å². The van der Waals surface area contributed by atoms with Crippen LogP contribution < -0.4 is 10.6 Å². The van der Waals surface area contributed by atoms with Gasteiger partial charge >= 0.3 is 6.09 Å². The van der Waals surface area contributed by atoms with E-state index >= 15 is 0 Å². The topological polar surface area (TPSA) is 157 Å². The van der Waals surface area contributed by atoms with E-state index in [9.17, 15) is 19.7 Å². The normalized spacial score (nSPS) is 12.4. The molecule has 0 spiro atoms. The molecule has 48 heavy (non-hydrogen) atoms. The fraction of sp³-hybridized carbons (Fsp3) is 0.333. The van der Waals surface area contributed by atoms with Gasteiger partial charge in [0.2, 0.25) is 5.91 Å². The van der Waals surface area contributed by atoms with E-state index in [4.69, 9.17) is 4.74 Å². The summed E-state index contributed by atoms with van der Waals surface area (Å²) in [5.41, 5.74) is 1.80. The first kappa shape index (κ1) is 33.8. The van der Waals surface area contributed by atoms with E-state index in [1.165, 1.54) is 12.1 Å². The van der Waals surface area contributed by atoms with Crippen molar-refractivity contribution in [2.24, 2.45) is 0 Å². The van der Waals surface area contributed by atoms with Crippen molar-refractivity contribution in [3.63, 3.8) is 0 Å². The zero-order valence-corrected chi connectivity index (χ0v) is 27.8. The number of nitrogens with one attached hydrogen (secondary N) is 3. The molecule has 250 valence electrons. The van der Waals surface area contributed by atoms with Crippen molar-refractivity contribution in [1.82, 2.24) is 30.4 Å². The molecule has 0 fully saturated rings. The number of non-ortho nitro benzene ring substituents is 1. The number of para-hydroxylation sites is 1. The van der Waals surface area contributed by atoms with Crippen LogP contribution in [-0.4, -0.2) is 47.8 Å². The Morgan fingerprint density at radius 1 is 0.917 bits per heavy atom. The second-order valence-electron chi connectivity index (χ2n) is 13.3. The van der Waals surface area contributed by atoms with Crippen LogP contribution in [0.2, 0.25) is 0 Å². The Balaban J connectivity index is 1.52. The third kappa shape index (κ3) is 8.44. The number of alkyl carbamates (subject to hydrolysis) is 1. The van der Waals surface area contributed by atoms with Crippen molar-refractivity contribution in [2.45, 2.75) is 77.6 Å². The van der Waals surface area contributed by atoms with Gasteiger partial charge in [-0.25, -0.2) is 4.79 Å². The van der Waals surface area contributed by atoms with Gasteiger partial charge in [-0.15, -0.1) is 10.2 Å². The lowest BCUT2D eigenvalue weighted by molar-refractivity contribution is -0.384. The van der Waals surface area contributed by atoms with Crippen LogP contribution in [0.3, 0.4) is 0 Å². The van der Waals surface area contributed by atoms with Gasteiger partial charge in [0.15, 0.2) is 5.82 Å². The number of amides is 2. The summed E-state index contributed by atoms with van der Waals surface area (Å²) in [6, 6.07) is 23.7. The van der Waals surface area contributed by atoms with Crippen LogP contribution >= 0.6 is 0 Å². The molecule has 12 nitrogen and oxygen atoms in total. The predicted octanol–water partition coefficient (Wildman–Crippen LogP) is 6.20. The maximum Gasteiger partial charge on any atom is 0.408 e. The summed E-state index contributed by atoms with van der Waals surface area (Å²) in [5, 5.41) is 27.4. The molecule has 0 aliphatic heterocycles. The predicted molar refractivity (Wildman–Crippen MR) is 182 cm³/mol. The highest BCUT2D eigenvalue weighted by atomic mass is 16.6. The summed E-state index contributed by atoms with van der Waals surface area (Å²) in [7, 11) is 0. The van der Waals surface area contributed by atoms with Gasteiger partial charge in [0.1, 0.15) is 17.0 Å². The number of benzene rings is 3. The summed E-state index contributed by atoms with van der Waals surface area (Å²) in [6.45, 7) is 8.81. The standard InChI is InChI=1S/C36H41N7O5/c1-35(2,3)48-34(45)39-36(4,5)33(44)38-30(21-26-22-37-29-14-10-9-13-28(26)29)32-41-40-31(20-17-24-11-7-6-8-12-24)42(32)23-25-15-18-27(19-16-25)43(46)47/h6-16,18-19,22,30,37H,17,20-21,23H2,1-5H3,(H,38,44)(H,39,45)/t30-/m1/s1. The van der Waals surface area contributed by atoms with Crippen LogP contribution in [0.5, 0.6) is 0 Å². The maximum absolute atomic E-state index is 13.9. The molecule has 2 aromatic heterocycles. The van der Waals surface area contributed by atoms with Crippen LogP contribution in [-0.2, 0) is 35.3 Å². The zero-order valence-electron chi connectivity index (χ0n) is 27.8. The number of fused-ring (bicyclic) bond motifs is 1. The number of hydrogen-bond donors (Lipinski definition) is 3. The molecule has 0 aliphatic carbocycles. The van der Waals surface area contributed by atoms with Crippen LogP contribution in [0.4, 0.5) is 10.5 Å². The first-order valence-electron chi connectivity index (χ1n) is 15.9. The third-order valence-electron chi connectivity index (χ3n) is 7.92. The van der Waals surface area contributed by atoms with Gasteiger partial charge < -0.3 is 24.9 Å². The Bertz CT molecular complexity index is 1890. The molecular formula is C36H41N7O5. The minimum absolute atomic E-state index is 0.00350. The van der Waals surface area contributed by atoms with Crippen molar-refractivity contribution in [2.75, 3.05) is 0 Å². The molecular weight excluding hydrogens is 610 g/mol. The SMILES string of the molecule is CC(C)(C)OC(=O)NC(C)(C)C(=O)N[C@H](Cc1c[nH]c2ccccc12)c1nnc(CCc2ccccc2)n1Cc1ccc([N+](=O)[O-])cc1. The molecule has 1 atom stereocenters. The summed E-state index contributed by atoms with van der Waals surface area (Å²) in [6.07, 6.45) is 2.87. The second-order valence-corrected chi connectivity index (χ2v) is 13.3. The second kappa shape index (κ2) is 14.1. The number of nitro benzene ring substituents is 1. The summed E-state index contributed by atoms with van der Waals surface area (Å²) < 4.78 is 7.39. The van der Waals surface area contributed by atoms with Crippen LogP contribution in [0, 0.1) is 10.1 Å². The highest BCUT2D eigenvalue weighted by molar-refractivity contribution is 5.89. The highest BCUT2D eigenvalue weighted by Crippen LogP contribution is 2.26. The van der Waals surface area contributed by atoms with E-state index in [1.807, 2.05) is 53.2 Å². The van der Waals surface area contributed by atoms with Crippen molar-refractivity contribution in [3.05, 3.63) is 124 Å². The molecule has 0 radical (unpaired) electrons. The summed E-state index contributed by atoms with van der Waals surface area (Å²) in [4.78, 5) is 40.8. The Morgan fingerprint density at radius 2 is 1.60 bits per heavy atom. The third-order valence-corrected chi connectivity index (χ3v) is 7.92. The van der Waals surface area contributed by atoms with E-state index in [0.29, 0.717) is 37.5 Å². The lowest BCUT2D eigenvalue weighted by Gasteiger charge is -2.29. The molecule has 0 unspecified atom stereocenters. The van der Waals surface area contributed by atoms with Gasteiger partial charge in [-0.2, -0.15) is 0 Å². The van der Waals surface area contributed by atoms with E-state index in [1.54, 1.807) is 46.8 Å². The molecule has 0 saturated heterocycles. The van der Waals surface area contributed by atoms with Gasteiger partial charge in [-0.3, -0.25) is 14.9 Å². The Hall–Kier alpha value is -5.52. The molecule has 2 heterocycles. The molecule has 0 saturated carbocycles. The van der Waals surface area contributed by atoms with Crippen LogP contribution in [0.25, 0.3) is 10.9 Å². The molecule has 2 amide bonds. The molecule has 0 bridgehead atoms. The average molecular weight is 652 g/mol. The first-order valence-corrected chi connectivity index (χ1v) is 15.9. The number of aromatic nitrogens is 4. The Morgan fingerprint density at radius 3 is 2.29 bits per heavy atom. The van der Waals surface area contributed by atoms with Crippen molar-refractivity contribution < 1.29 is 19.2 Å². The number of H-pyrrole nitrogens is 1. The monoisotopic (exact) mass is 651 g/mol. The van der Waals surface area contributed by atoms with Gasteiger partial charge in [0, 0.05) is 42.1 Å². The molecule has 3 N–H and O–H groups in total. The quantitative estimate of drug-likeness (QED) is 0.107. The number of nitrogens with zero attached hydrogens (tertiary/aromatic N) is 4. The Labute approximate surface area is 279 Å². The molecule has 12 heteroatoms. The number of ether oxygens (including phenoxy) is 1. The number of carbonyl (C=O) groups excluding carboxylic acids is 2. The van der Waals surface area contributed by atoms with Gasteiger partial charge in [0.05, 0.1) is 17.5 Å². The lowest BCUT2D eigenvalue weighted by atomic mass is 10.0. The highest BCUT2D eigenvalue weighted by Gasteiger charge is 2.35. The van der Waals surface area contributed by atoms with Crippen LogP contribution in [0.1, 0.15) is 69.0 Å². The van der Waals surface area contributed by atoms with Crippen LogP contribution in [0.15, 0.2) is 85.1 Å². The fourth-order valence-corrected chi connectivity index (χ4v) is 5.45. The minimum atomic E-state index is -1.33. The van der Waals surface area contributed by atoms with E-state index in [0.717, 1.165) is 27.6 Å². The van der Waals surface area contributed by atoms with E-state index in [-0.39, 0.29) is 5.69 Å². The summed E-state index contributed by atoms with van der Waals surface area (Å²) >= 11 is 0. The number of aromatic amines is 1. The van der Waals surface area contributed by atoms with Crippen molar-refractivity contribution in [3.8, 4) is 0 Å². The summed E-state index contributed by atoms with van der Waals surface area (Å²) in [5.74, 6) is 0.786. The molecule has 5 aromatic rings. The van der Waals surface area contributed by atoms with Crippen molar-refractivity contribution >= 4 is 28.6 Å². The minimum Gasteiger partial charge on any atom is -0.444 e. The largest absolute Gasteiger partial charge is 0.444 e. The van der Waals surface area contributed by atoms with Gasteiger partial charge in [-0.1, -0.05) is 60.7 Å². The zero-order chi connectivity index (χ0) is 34.5. The lowest BCUT2D eigenvalue weighted by Crippen LogP contribution is -2.56. The molecule has 3 aromatic carbocycles. The number of rotatable bonds is 12. The maximum atomic E-state index is 13.9. The fourth-order valence-electron chi connectivity index (χ4n) is 5.45. The first-order chi connectivity index (χ1) is 22.8. The number of nitro groups is 1. The van der Waals surface area contributed by atoms with Crippen molar-refractivity contribution in [1.29, 1.82) is 0 Å². The molecule has 5 rings (SSSR count). The smallest absolute Gasteiger partial charge is 0.408 e. The number of carbonyl (C=O) groups is 2. The van der Waals surface area contributed by atoms with Gasteiger partial charge in [-0.05, 0) is 63.8 Å². The average Bonchev–Trinajstić information content (AvgIpc) is 3.63. The number of hydrogen-bond acceptors (Lipinski definition) is 7. The van der Waals surface area contributed by atoms with Gasteiger partial charge in [0.25, 0.3) is 5.69 Å². The number of aryl methyl sites for hydroxylation is 2. The van der Waals surface area contributed by atoms with E-state index in [2.05, 4.69) is 37.9 Å². The molecule has 0 aliphatic rings.